The molecule has 3 heteroatoms. The van der Waals surface area contributed by atoms with Gasteiger partial charge in [0.1, 0.15) is 22.3 Å². The highest BCUT2D eigenvalue weighted by atomic mass is 16.3. The lowest BCUT2D eigenvalue weighted by molar-refractivity contribution is 0.664. The second kappa shape index (κ2) is 8.77. The van der Waals surface area contributed by atoms with Gasteiger partial charge in [0.2, 0.25) is 0 Å². The number of benzene rings is 7. The second-order valence-electron chi connectivity index (χ2n) is 12.5. The molecule has 0 bridgehead atoms. The van der Waals surface area contributed by atoms with Crippen LogP contribution >= 0.6 is 0 Å². The Bertz CT molecular complexity index is 2840. The largest absolute Gasteiger partial charge is 0.456 e. The van der Waals surface area contributed by atoms with Crippen molar-refractivity contribution in [1.29, 1.82) is 0 Å². The van der Waals surface area contributed by atoms with Gasteiger partial charge in [-0.15, -0.1) is 0 Å². The monoisotopic (exact) mass is 587 g/mol. The van der Waals surface area contributed by atoms with Gasteiger partial charge in [-0.2, -0.15) is 0 Å². The molecular formula is C43H25NO2. The molecule has 0 unspecified atom stereocenters. The summed E-state index contributed by atoms with van der Waals surface area (Å²) in [6.07, 6.45) is 0.866. The average molecular weight is 588 g/mol. The van der Waals surface area contributed by atoms with E-state index in [-0.39, 0.29) is 0 Å². The van der Waals surface area contributed by atoms with Crippen molar-refractivity contribution in [3.63, 3.8) is 0 Å². The Morgan fingerprint density at radius 1 is 0.435 bits per heavy atom. The summed E-state index contributed by atoms with van der Waals surface area (Å²) >= 11 is 0. The molecule has 0 saturated carbocycles. The normalized spacial score (nSPS) is 12.7. The predicted molar refractivity (Wildman–Crippen MR) is 189 cm³/mol. The van der Waals surface area contributed by atoms with Gasteiger partial charge in [-0.05, 0) is 82.4 Å². The van der Waals surface area contributed by atoms with Gasteiger partial charge < -0.3 is 13.4 Å². The Labute approximate surface area is 263 Å². The van der Waals surface area contributed by atoms with Gasteiger partial charge in [0, 0.05) is 56.1 Å². The Balaban J connectivity index is 1.04. The van der Waals surface area contributed by atoms with Gasteiger partial charge in [-0.3, -0.25) is 0 Å². The number of furan rings is 2. The number of hydrogen-bond acceptors (Lipinski definition) is 2. The molecule has 11 rings (SSSR count). The van der Waals surface area contributed by atoms with Crippen molar-refractivity contribution < 1.29 is 8.83 Å². The van der Waals surface area contributed by atoms with Crippen LogP contribution < -0.4 is 0 Å². The van der Waals surface area contributed by atoms with E-state index in [1.54, 1.807) is 0 Å². The fourth-order valence-electron chi connectivity index (χ4n) is 7.91. The molecule has 1 aliphatic carbocycles. The summed E-state index contributed by atoms with van der Waals surface area (Å²) in [5.74, 6) is 0. The molecule has 0 atom stereocenters. The standard InChI is InChI=1S/C43H25NO2/c1-4-10-38-30(7-1)31-8-2-5-11-39(31)44(38)28-16-18-34-35-20-19-29-36-21-25(13-14-27(36)22-37(29)43(35)46-42(34)24-28)26-15-17-33-32-9-3-6-12-40(32)45-41(33)23-26/h1-21,23-24H,22H2. The van der Waals surface area contributed by atoms with E-state index in [1.165, 1.54) is 55.0 Å². The van der Waals surface area contributed by atoms with Crippen LogP contribution in [0, 0.1) is 0 Å². The lowest BCUT2D eigenvalue weighted by atomic mass is 9.97. The maximum absolute atomic E-state index is 6.76. The van der Waals surface area contributed by atoms with E-state index < -0.39 is 0 Å². The lowest BCUT2D eigenvalue weighted by Crippen LogP contribution is -1.93. The fourth-order valence-corrected chi connectivity index (χ4v) is 7.91. The summed E-state index contributed by atoms with van der Waals surface area (Å²) in [6.45, 7) is 0. The molecule has 0 saturated heterocycles. The van der Waals surface area contributed by atoms with Gasteiger partial charge in [-0.1, -0.05) is 78.9 Å². The first kappa shape index (κ1) is 24.3. The van der Waals surface area contributed by atoms with Gasteiger partial charge in [0.05, 0.1) is 11.0 Å². The highest BCUT2D eigenvalue weighted by Gasteiger charge is 2.24. The molecule has 46 heavy (non-hydrogen) atoms. The summed E-state index contributed by atoms with van der Waals surface area (Å²) in [6, 6.07) is 50.1. The average Bonchev–Trinajstić information content (AvgIpc) is 3.86. The maximum atomic E-state index is 6.76. The van der Waals surface area contributed by atoms with Crippen LogP contribution in [-0.2, 0) is 6.42 Å². The Kier molecular flexibility index (Phi) is 4.63. The van der Waals surface area contributed by atoms with Crippen molar-refractivity contribution in [2.45, 2.75) is 6.42 Å². The first-order valence-electron chi connectivity index (χ1n) is 15.8. The molecule has 3 aromatic heterocycles. The van der Waals surface area contributed by atoms with Gasteiger partial charge >= 0.3 is 0 Å². The van der Waals surface area contributed by atoms with Crippen molar-refractivity contribution >= 4 is 65.7 Å². The van der Waals surface area contributed by atoms with Crippen molar-refractivity contribution in [2.24, 2.45) is 0 Å². The van der Waals surface area contributed by atoms with Crippen LogP contribution in [0.4, 0.5) is 0 Å². The third-order valence-corrected chi connectivity index (χ3v) is 10.0. The van der Waals surface area contributed by atoms with Crippen molar-refractivity contribution in [2.75, 3.05) is 0 Å². The fraction of sp³-hybridized carbons (Fsp3) is 0.0233. The third-order valence-electron chi connectivity index (χ3n) is 10.0. The van der Waals surface area contributed by atoms with E-state index in [9.17, 15) is 0 Å². The zero-order valence-electron chi connectivity index (χ0n) is 24.7. The molecule has 3 nitrogen and oxygen atoms in total. The van der Waals surface area contributed by atoms with E-state index in [0.29, 0.717) is 0 Å². The van der Waals surface area contributed by atoms with Crippen molar-refractivity contribution in [1.82, 2.24) is 4.57 Å². The number of hydrogen-bond donors (Lipinski definition) is 0. The minimum absolute atomic E-state index is 0.866. The van der Waals surface area contributed by atoms with Crippen molar-refractivity contribution in [3.05, 3.63) is 151 Å². The highest BCUT2D eigenvalue weighted by Crippen LogP contribution is 2.45. The second-order valence-corrected chi connectivity index (χ2v) is 12.5. The Morgan fingerprint density at radius 2 is 1.07 bits per heavy atom. The number of rotatable bonds is 2. The number of aromatic nitrogens is 1. The molecule has 0 spiro atoms. The van der Waals surface area contributed by atoms with Crippen LogP contribution in [0.3, 0.4) is 0 Å². The summed E-state index contributed by atoms with van der Waals surface area (Å²) in [5.41, 5.74) is 14.8. The van der Waals surface area contributed by atoms with E-state index in [2.05, 4.69) is 132 Å². The first-order chi connectivity index (χ1) is 22.8. The van der Waals surface area contributed by atoms with E-state index in [4.69, 9.17) is 8.83 Å². The summed E-state index contributed by atoms with van der Waals surface area (Å²) in [4.78, 5) is 0. The molecule has 214 valence electrons. The molecule has 0 amide bonds. The number of para-hydroxylation sites is 3. The molecule has 0 radical (unpaired) electrons. The van der Waals surface area contributed by atoms with E-state index >= 15 is 0 Å². The minimum atomic E-state index is 0.866. The Morgan fingerprint density at radius 3 is 1.91 bits per heavy atom. The van der Waals surface area contributed by atoms with Gasteiger partial charge in [-0.25, -0.2) is 0 Å². The summed E-state index contributed by atoms with van der Waals surface area (Å²) < 4.78 is 15.3. The quantitative estimate of drug-likeness (QED) is 0.201. The first-order valence-corrected chi connectivity index (χ1v) is 15.8. The molecule has 3 heterocycles. The van der Waals surface area contributed by atoms with E-state index in [0.717, 1.165) is 56.2 Å². The van der Waals surface area contributed by atoms with Crippen molar-refractivity contribution in [3.8, 4) is 27.9 Å². The maximum Gasteiger partial charge on any atom is 0.139 e. The van der Waals surface area contributed by atoms with Crippen LogP contribution in [0.2, 0.25) is 0 Å². The van der Waals surface area contributed by atoms with Crippen LogP contribution in [0.25, 0.3) is 93.6 Å². The molecule has 0 aliphatic heterocycles. The zero-order chi connectivity index (χ0) is 29.9. The minimum Gasteiger partial charge on any atom is -0.456 e. The number of fused-ring (bicyclic) bond motifs is 13. The lowest BCUT2D eigenvalue weighted by Gasteiger charge is -2.07. The topological polar surface area (TPSA) is 31.2 Å². The molecule has 1 aliphatic rings. The predicted octanol–water partition coefficient (Wildman–Crippen LogP) is 11.8. The molecule has 0 fully saturated rings. The third kappa shape index (κ3) is 3.21. The van der Waals surface area contributed by atoms with Crippen LogP contribution in [0.5, 0.6) is 0 Å². The zero-order valence-corrected chi connectivity index (χ0v) is 24.7. The molecule has 0 N–H and O–H groups in total. The smallest absolute Gasteiger partial charge is 0.139 e. The van der Waals surface area contributed by atoms with E-state index in [1.807, 2.05) is 12.1 Å². The highest BCUT2D eigenvalue weighted by molar-refractivity contribution is 6.11. The number of nitrogens with zero attached hydrogens (tertiary/aromatic N) is 1. The van der Waals surface area contributed by atoms with Crippen LogP contribution in [0.1, 0.15) is 11.1 Å². The molecular weight excluding hydrogens is 562 g/mol. The molecule has 10 aromatic rings. The van der Waals surface area contributed by atoms with Crippen LogP contribution in [-0.4, -0.2) is 4.57 Å². The van der Waals surface area contributed by atoms with Crippen LogP contribution in [0.15, 0.2) is 148 Å². The SMILES string of the molecule is c1ccc2c(c1)oc1cc(-c3ccc4c(c3)-c3ccc5c(oc6cc(-n7c8ccccc8c8ccccc87)ccc65)c3C4)ccc12. The van der Waals surface area contributed by atoms with Gasteiger partial charge in [0.15, 0.2) is 0 Å². The summed E-state index contributed by atoms with van der Waals surface area (Å²) in [5, 5.41) is 7.15. The summed E-state index contributed by atoms with van der Waals surface area (Å²) in [7, 11) is 0. The molecule has 7 aromatic carbocycles. The van der Waals surface area contributed by atoms with Gasteiger partial charge in [0.25, 0.3) is 0 Å². The Hall–Kier alpha value is -6.06.